The molecule has 5 nitrogen and oxygen atoms in total. The maximum atomic E-state index is 13.4. The van der Waals surface area contributed by atoms with Crippen LogP contribution in [0, 0.1) is 11.6 Å². The van der Waals surface area contributed by atoms with E-state index in [1.807, 2.05) is 0 Å². The van der Waals surface area contributed by atoms with Gasteiger partial charge in [0.25, 0.3) is 5.91 Å². The van der Waals surface area contributed by atoms with E-state index < -0.39 is 11.7 Å². The molecule has 0 aliphatic heterocycles. The molecular formula is C19H20F2N2O3. The average Bonchev–Trinajstić information content (AvgIpc) is 2.63. The van der Waals surface area contributed by atoms with E-state index in [4.69, 9.17) is 4.74 Å². The minimum atomic E-state index is -0.590. The fourth-order valence-corrected chi connectivity index (χ4v) is 2.19. The van der Waals surface area contributed by atoms with Gasteiger partial charge in [0, 0.05) is 25.6 Å². The summed E-state index contributed by atoms with van der Waals surface area (Å²) in [4.78, 5) is 23.5. The molecule has 2 N–H and O–H groups in total. The second-order valence-corrected chi connectivity index (χ2v) is 5.50. The van der Waals surface area contributed by atoms with Crippen LogP contribution < -0.4 is 15.4 Å². The minimum Gasteiger partial charge on any atom is -0.493 e. The van der Waals surface area contributed by atoms with Crippen LogP contribution in [0.4, 0.5) is 8.78 Å². The van der Waals surface area contributed by atoms with Crippen molar-refractivity contribution in [2.75, 3.05) is 19.7 Å². The molecule has 0 spiro atoms. The molecule has 26 heavy (non-hydrogen) atoms. The van der Waals surface area contributed by atoms with Crippen LogP contribution >= 0.6 is 0 Å². The number of carbonyl (C=O) groups excluding carboxylic acids is 2. The molecule has 7 heteroatoms. The molecule has 0 fully saturated rings. The van der Waals surface area contributed by atoms with Gasteiger partial charge < -0.3 is 15.4 Å². The van der Waals surface area contributed by atoms with Crippen LogP contribution in [0.5, 0.6) is 5.75 Å². The van der Waals surface area contributed by atoms with Crippen LogP contribution in [0.3, 0.4) is 0 Å². The molecule has 2 aromatic rings. The largest absolute Gasteiger partial charge is 0.493 e. The summed E-state index contributed by atoms with van der Waals surface area (Å²) in [7, 11) is 0. The topological polar surface area (TPSA) is 67.4 Å². The Bertz CT molecular complexity index is 753. The van der Waals surface area contributed by atoms with Crippen molar-refractivity contribution in [2.45, 2.75) is 12.8 Å². The molecule has 0 aromatic heterocycles. The van der Waals surface area contributed by atoms with Crippen LogP contribution in [0.25, 0.3) is 0 Å². The normalized spacial score (nSPS) is 10.2. The van der Waals surface area contributed by atoms with Crippen molar-refractivity contribution < 1.29 is 23.1 Å². The second kappa shape index (κ2) is 10.1. The van der Waals surface area contributed by atoms with Gasteiger partial charge in [-0.15, -0.1) is 0 Å². The molecule has 0 radical (unpaired) electrons. The first-order chi connectivity index (χ1) is 12.6. The minimum absolute atomic E-state index is 0.0340. The van der Waals surface area contributed by atoms with Crippen molar-refractivity contribution in [2.24, 2.45) is 0 Å². The maximum Gasteiger partial charge on any atom is 0.254 e. The highest BCUT2D eigenvalue weighted by Crippen LogP contribution is 2.12. The predicted octanol–water partition coefficient (Wildman–Crippen LogP) is 2.67. The third kappa shape index (κ3) is 6.51. The summed E-state index contributed by atoms with van der Waals surface area (Å²) in [6.45, 7) is 0.726. The Morgan fingerprint density at radius 2 is 1.73 bits per heavy atom. The van der Waals surface area contributed by atoms with Crippen molar-refractivity contribution in [3.05, 3.63) is 65.7 Å². The Balaban J connectivity index is 1.56. The third-order valence-corrected chi connectivity index (χ3v) is 3.46. The average molecular weight is 362 g/mol. The zero-order chi connectivity index (χ0) is 18.8. The number of carbonyl (C=O) groups is 2. The van der Waals surface area contributed by atoms with Gasteiger partial charge in [-0.05, 0) is 30.7 Å². The lowest BCUT2D eigenvalue weighted by Crippen LogP contribution is -2.35. The predicted molar refractivity (Wildman–Crippen MR) is 92.9 cm³/mol. The van der Waals surface area contributed by atoms with E-state index in [9.17, 15) is 18.4 Å². The van der Waals surface area contributed by atoms with E-state index in [-0.39, 0.29) is 36.8 Å². The molecule has 0 atom stereocenters. The molecule has 0 saturated carbocycles. The number of nitrogens with one attached hydrogen (secondary N) is 2. The highest BCUT2D eigenvalue weighted by molar-refractivity contribution is 5.94. The lowest BCUT2D eigenvalue weighted by atomic mass is 10.2. The summed E-state index contributed by atoms with van der Waals surface area (Å²) in [5.41, 5.74) is -0.0340. The summed E-state index contributed by atoms with van der Waals surface area (Å²) in [6, 6.07) is 11.5. The van der Waals surface area contributed by atoms with E-state index in [0.717, 1.165) is 0 Å². The Labute approximate surface area is 150 Å². The third-order valence-electron chi connectivity index (χ3n) is 3.46. The molecule has 0 unspecified atom stereocenters. The number of halogens is 2. The smallest absolute Gasteiger partial charge is 0.254 e. The van der Waals surface area contributed by atoms with E-state index in [0.29, 0.717) is 18.8 Å². The zero-order valence-electron chi connectivity index (χ0n) is 14.1. The number of hydrogen-bond donors (Lipinski definition) is 2. The molecule has 2 rings (SSSR count). The molecule has 0 aliphatic carbocycles. The van der Waals surface area contributed by atoms with Crippen molar-refractivity contribution in [3.63, 3.8) is 0 Å². The molecule has 2 aromatic carbocycles. The number of ether oxygens (including phenoxy) is 1. The lowest BCUT2D eigenvalue weighted by molar-refractivity contribution is -0.121. The van der Waals surface area contributed by atoms with Crippen LogP contribution in [-0.4, -0.2) is 31.5 Å². The summed E-state index contributed by atoms with van der Waals surface area (Å²) in [6.07, 6.45) is 0.723. The van der Waals surface area contributed by atoms with E-state index in [1.165, 1.54) is 30.3 Å². The molecular weight excluding hydrogens is 342 g/mol. The molecule has 0 saturated heterocycles. The SMILES string of the molecule is O=C(CCCOc1cccc(F)c1)NCCNC(=O)c1ccccc1F. The number of benzene rings is 2. The monoisotopic (exact) mass is 362 g/mol. The standard InChI is InChI=1S/C19H20F2N2O3/c20-14-5-3-6-15(13-14)26-12-4-9-18(24)22-10-11-23-19(25)16-7-1-2-8-17(16)21/h1-3,5-8,13H,4,9-12H2,(H,22,24)(H,23,25). The van der Waals surface area contributed by atoms with Gasteiger partial charge in [-0.3, -0.25) is 9.59 Å². The fourth-order valence-electron chi connectivity index (χ4n) is 2.19. The van der Waals surface area contributed by atoms with Crippen molar-refractivity contribution in [3.8, 4) is 5.75 Å². The Hall–Kier alpha value is -2.96. The highest BCUT2D eigenvalue weighted by Gasteiger charge is 2.09. The van der Waals surface area contributed by atoms with Crippen molar-refractivity contribution >= 4 is 11.8 Å². The zero-order valence-corrected chi connectivity index (χ0v) is 14.1. The Morgan fingerprint density at radius 1 is 0.962 bits per heavy atom. The molecule has 0 heterocycles. The second-order valence-electron chi connectivity index (χ2n) is 5.50. The van der Waals surface area contributed by atoms with Gasteiger partial charge >= 0.3 is 0 Å². The first-order valence-corrected chi connectivity index (χ1v) is 8.24. The van der Waals surface area contributed by atoms with Crippen LogP contribution in [0.1, 0.15) is 23.2 Å². The van der Waals surface area contributed by atoms with Gasteiger partial charge in [0.05, 0.1) is 12.2 Å². The summed E-state index contributed by atoms with van der Waals surface area (Å²) < 4.78 is 31.7. The fraction of sp³-hybridized carbons (Fsp3) is 0.263. The van der Waals surface area contributed by atoms with Crippen LogP contribution in [0.15, 0.2) is 48.5 Å². The molecule has 0 bridgehead atoms. The van der Waals surface area contributed by atoms with E-state index >= 15 is 0 Å². The molecule has 0 aliphatic rings. The van der Waals surface area contributed by atoms with Crippen molar-refractivity contribution in [1.82, 2.24) is 10.6 Å². The molecule has 2 amide bonds. The van der Waals surface area contributed by atoms with Gasteiger partial charge in [-0.2, -0.15) is 0 Å². The van der Waals surface area contributed by atoms with Crippen LogP contribution in [0.2, 0.25) is 0 Å². The number of hydrogen-bond acceptors (Lipinski definition) is 3. The first kappa shape index (κ1) is 19.4. The first-order valence-electron chi connectivity index (χ1n) is 8.24. The van der Waals surface area contributed by atoms with Gasteiger partial charge in [0.15, 0.2) is 0 Å². The van der Waals surface area contributed by atoms with Gasteiger partial charge in [-0.1, -0.05) is 18.2 Å². The Morgan fingerprint density at radius 3 is 2.50 bits per heavy atom. The number of amides is 2. The van der Waals surface area contributed by atoms with E-state index in [1.54, 1.807) is 18.2 Å². The van der Waals surface area contributed by atoms with Gasteiger partial charge in [0.2, 0.25) is 5.91 Å². The van der Waals surface area contributed by atoms with E-state index in [2.05, 4.69) is 10.6 Å². The molecule has 138 valence electrons. The van der Waals surface area contributed by atoms with Gasteiger partial charge in [-0.25, -0.2) is 8.78 Å². The highest BCUT2D eigenvalue weighted by atomic mass is 19.1. The Kier molecular flexibility index (Phi) is 7.54. The number of rotatable bonds is 9. The van der Waals surface area contributed by atoms with Crippen molar-refractivity contribution in [1.29, 1.82) is 0 Å². The quantitative estimate of drug-likeness (QED) is 0.674. The van der Waals surface area contributed by atoms with Crippen LogP contribution in [-0.2, 0) is 4.79 Å². The summed E-state index contributed by atoms with van der Waals surface area (Å²) in [5.74, 6) is -1.26. The van der Waals surface area contributed by atoms with Gasteiger partial charge in [0.1, 0.15) is 17.4 Å². The summed E-state index contributed by atoms with van der Waals surface area (Å²) in [5, 5.41) is 5.18. The summed E-state index contributed by atoms with van der Waals surface area (Å²) >= 11 is 0. The lowest BCUT2D eigenvalue weighted by Gasteiger charge is -2.08. The maximum absolute atomic E-state index is 13.4.